The average Bonchev–Trinajstić information content (AvgIpc) is 2.48. The van der Waals surface area contributed by atoms with Gasteiger partial charge in [0.25, 0.3) is 5.91 Å². The Balaban J connectivity index is 1.90. The van der Waals surface area contributed by atoms with E-state index in [0.717, 1.165) is 12.1 Å². The van der Waals surface area contributed by atoms with Gasteiger partial charge in [-0.3, -0.25) is 9.59 Å². The second-order valence-electron chi connectivity index (χ2n) is 4.37. The number of rotatable bonds is 4. The van der Waals surface area contributed by atoms with E-state index in [9.17, 15) is 18.4 Å². The van der Waals surface area contributed by atoms with Crippen LogP contribution < -0.4 is 10.6 Å². The molecular weight excluding hydrogens is 314 g/mol. The fourth-order valence-corrected chi connectivity index (χ4v) is 1.86. The van der Waals surface area contributed by atoms with Crippen LogP contribution in [0.2, 0.25) is 5.02 Å². The van der Waals surface area contributed by atoms with E-state index in [1.165, 1.54) is 12.1 Å². The van der Waals surface area contributed by atoms with Crippen molar-refractivity contribution in [3.63, 3.8) is 0 Å². The number of nitrogens with one attached hydrogen (secondary N) is 2. The average molecular weight is 325 g/mol. The van der Waals surface area contributed by atoms with Crippen molar-refractivity contribution in [1.82, 2.24) is 5.32 Å². The summed E-state index contributed by atoms with van der Waals surface area (Å²) in [5.74, 6) is -3.11. The number of hydrogen-bond donors (Lipinski definition) is 2. The Labute approximate surface area is 130 Å². The summed E-state index contributed by atoms with van der Waals surface area (Å²) < 4.78 is 25.7. The van der Waals surface area contributed by atoms with Gasteiger partial charge in [-0.25, -0.2) is 8.78 Å². The number of anilines is 1. The summed E-state index contributed by atoms with van der Waals surface area (Å²) in [5, 5.41) is 5.14. The fraction of sp³-hybridized carbons (Fsp3) is 0.0667. The van der Waals surface area contributed by atoms with E-state index in [1.807, 2.05) is 0 Å². The molecular formula is C15H11ClF2N2O2. The first-order chi connectivity index (χ1) is 10.5. The zero-order valence-electron chi connectivity index (χ0n) is 11.2. The quantitative estimate of drug-likeness (QED) is 0.908. The van der Waals surface area contributed by atoms with Crippen molar-refractivity contribution in [2.45, 2.75) is 0 Å². The summed E-state index contributed by atoms with van der Waals surface area (Å²) in [6.07, 6.45) is 0. The van der Waals surface area contributed by atoms with E-state index in [-0.39, 0.29) is 12.2 Å². The molecule has 22 heavy (non-hydrogen) atoms. The van der Waals surface area contributed by atoms with E-state index in [0.29, 0.717) is 10.6 Å². The molecule has 2 amide bonds. The molecule has 7 heteroatoms. The van der Waals surface area contributed by atoms with Crippen LogP contribution in [-0.4, -0.2) is 18.4 Å². The van der Waals surface area contributed by atoms with Gasteiger partial charge >= 0.3 is 0 Å². The van der Waals surface area contributed by atoms with Crippen LogP contribution in [-0.2, 0) is 4.79 Å². The van der Waals surface area contributed by atoms with E-state index in [4.69, 9.17) is 11.6 Å². The molecule has 0 aliphatic carbocycles. The largest absolute Gasteiger partial charge is 0.343 e. The first kappa shape index (κ1) is 15.9. The molecule has 2 rings (SSSR count). The number of hydrogen-bond acceptors (Lipinski definition) is 2. The van der Waals surface area contributed by atoms with E-state index < -0.39 is 23.4 Å². The highest BCUT2D eigenvalue weighted by atomic mass is 35.5. The van der Waals surface area contributed by atoms with Crippen LogP contribution in [0.25, 0.3) is 0 Å². The fourth-order valence-electron chi connectivity index (χ4n) is 1.67. The first-order valence-corrected chi connectivity index (χ1v) is 6.62. The van der Waals surface area contributed by atoms with Gasteiger partial charge < -0.3 is 10.6 Å². The maximum absolute atomic E-state index is 13.0. The Kier molecular flexibility index (Phi) is 5.06. The molecule has 0 unspecified atom stereocenters. The van der Waals surface area contributed by atoms with Crippen LogP contribution in [0, 0.1) is 11.6 Å². The van der Waals surface area contributed by atoms with E-state index in [1.54, 1.807) is 18.2 Å². The topological polar surface area (TPSA) is 58.2 Å². The molecule has 2 N–H and O–H groups in total. The Morgan fingerprint density at radius 3 is 2.50 bits per heavy atom. The standard InChI is InChI=1S/C15H11ClF2N2O2/c16-10-3-1-2-9(6-10)15(22)19-8-14(21)20-11-4-5-12(17)13(18)7-11/h1-7H,8H2,(H,19,22)(H,20,21). The van der Waals surface area contributed by atoms with Crippen molar-refractivity contribution >= 4 is 29.1 Å². The van der Waals surface area contributed by atoms with Gasteiger partial charge in [-0.05, 0) is 30.3 Å². The lowest BCUT2D eigenvalue weighted by molar-refractivity contribution is -0.115. The van der Waals surface area contributed by atoms with Gasteiger partial charge in [0.1, 0.15) is 0 Å². The molecule has 0 atom stereocenters. The number of carbonyl (C=O) groups excluding carboxylic acids is 2. The Morgan fingerprint density at radius 2 is 1.82 bits per heavy atom. The van der Waals surface area contributed by atoms with Gasteiger partial charge in [-0.2, -0.15) is 0 Å². The maximum atomic E-state index is 13.0. The van der Waals surface area contributed by atoms with Gasteiger partial charge in [0.2, 0.25) is 5.91 Å². The summed E-state index contributed by atoms with van der Waals surface area (Å²) in [5.41, 5.74) is 0.411. The normalized spacial score (nSPS) is 10.1. The number of carbonyl (C=O) groups is 2. The van der Waals surface area contributed by atoms with Crippen LogP contribution in [0.5, 0.6) is 0 Å². The predicted molar refractivity (Wildman–Crippen MR) is 78.8 cm³/mol. The summed E-state index contributed by atoms with van der Waals surface area (Å²) in [6.45, 7) is -0.315. The minimum Gasteiger partial charge on any atom is -0.343 e. The highest BCUT2D eigenvalue weighted by Crippen LogP contribution is 2.13. The maximum Gasteiger partial charge on any atom is 0.251 e. The Morgan fingerprint density at radius 1 is 1.05 bits per heavy atom. The molecule has 0 radical (unpaired) electrons. The number of halogens is 3. The van der Waals surface area contributed by atoms with Gasteiger partial charge in [-0.1, -0.05) is 17.7 Å². The number of benzene rings is 2. The molecule has 0 saturated carbocycles. The molecule has 0 fully saturated rings. The van der Waals surface area contributed by atoms with Crippen molar-refractivity contribution in [3.05, 3.63) is 64.7 Å². The Bertz CT molecular complexity index is 722. The second kappa shape index (κ2) is 7.00. The van der Waals surface area contributed by atoms with Crippen molar-refractivity contribution in [2.75, 3.05) is 11.9 Å². The molecule has 4 nitrogen and oxygen atoms in total. The lowest BCUT2D eigenvalue weighted by Gasteiger charge is -2.07. The predicted octanol–water partition coefficient (Wildman–Crippen LogP) is 2.99. The summed E-state index contributed by atoms with van der Waals surface area (Å²) >= 11 is 5.76. The van der Waals surface area contributed by atoms with Crippen LogP contribution >= 0.6 is 11.6 Å². The van der Waals surface area contributed by atoms with Crippen molar-refractivity contribution in [1.29, 1.82) is 0 Å². The van der Waals surface area contributed by atoms with Gasteiger partial charge in [-0.15, -0.1) is 0 Å². The van der Waals surface area contributed by atoms with Crippen LogP contribution in [0.15, 0.2) is 42.5 Å². The van der Waals surface area contributed by atoms with E-state index in [2.05, 4.69) is 10.6 Å². The molecule has 0 aromatic heterocycles. The van der Waals surface area contributed by atoms with Crippen LogP contribution in [0.4, 0.5) is 14.5 Å². The molecule has 0 aliphatic rings. The van der Waals surface area contributed by atoms with Gasteiger partial charge in [0.15, 0.2) is 11.6 Å². The lowest BCUT2D eigenvalue weighted by Crippen LogP contribution is -2.32. The summed E-state index contributed by atoms with van der Waals surface area (Å²) in [7, 11) is 0. The monoisotopic (exact) mass is 324 g/mol. The molecule has 0 bridgehead atoms. The zero-order chi connectivity index (χ0) is 16.1. The summed E-state index contributed by atoms with van der Waals surface area (Å²) in [6, 6.07) is 9.21. The smallest absolute Gasteiger partial charge is 0.251 e. The Hall–Kier alpha value is -2.47. The van der Waals surface area contributed by atoms with Crippen molar-refractivity contribution in [3.8, 4) is 0 Å². The molecule has 114 valence electrons. The molecule has 0 heterocycles. The van der Waals surface area contributed by atoms with Gasteiger partial charge in [0.05, 0.1) is 6.54 Å². The SMILES string of the molecule is O=C(CNC(=O)c1cccc(Cl)c1)Nc1ccc(F)c(F)c1. The second-order valence-corrected chi connectivity index (χ2v) is 4.81. The minimum absolute atomic E-state index is 0.0981. The highest BCUT2D eigenvalue weighted by Gasteiger charge is 2.09. The molecule has 2 aromatic carbocycles. The third-order valence-corrected chi connectivity index (χ3v) is 2.93. The molecule has 0 aliphatic heterocycles. The van der Waals surface area contributed by atoms with Crippen molar-refractivity contribution in [2.24, 2.45) is 0 Å². The third-order valence-electron chi connectivity index (χ3n) is 2.70. The van der Waals surface area contributed by atoms with Crippen molar-refractivity contribution < 1.29 is 18.4 Å². The molecule has 0 spiro atoms. The lowest BCUT2D eigenvalue weighted by atomic mass is 10.2. The van der Waals surface area contributed by atoms with E-state index >= 15 is 0 Å². The third kappa shape index (κ3) is 4.26. The van der Waals surface area contributed by atoms with Gasteiger partial charge in [0, 0.05) is 22.3 Å². The molecule has 2 aromatic rings. The summed E-state index contributed by atoms with van der Waals surface area (Å²) in [4.78, 5) is 23.4. The zero-order valence-corrected chi connectivity index (χ0v) is 12.0. The van der Waals surface area contributed by atoms with Crippen LogP contribution in [0.3, 0.4) is 0 Å². The highest BCUT2D eigenvalue weighted by molar-refractivity contribution is 6.31. The molecule has 0 saturated heterocycles. The minimum atomic E-state index is -1.07. The number of amides is 2. The van der Waals surface area contributed by atoms with Crippen LogP contribution in [0.1, 0.15) is 10.4 Å². The first-order valence-electron chi connectivity index (χ1n) is 6.24.